The molecule has 1 fully saturated rings. The summed E-state index contributed by atoms with van der Waals surface area (Å²) in [6, 6.07) is 6.89. The van der Waals surface area contributed by atoms with Gasteiger partial charge in [0.05, 0.1) is 11.4 Å². The van der Waals surface area contributed by atoms with Crippen molar-refractivity contribution in [2.75, 3.05) is 20.1 Å². The Morgan fingerprint density at radius 2 is 1.85 bits per heavy atom. The zero-order chi connectivity index (χ0) is 18.4. The molecule has 2 N–H and O–H groups in total. The fourth-order valence-corrected chi connectivity index (χ4v) is 3.65. The molecule has 0 atom stereocenters. The van der Waals surface area contributed by atoms with E-state index in [1.54, 1.807) is 19.2 Å². The predicted octanol–water partition coefficient (Wildman–Crippen LogP) is 2.80. The van der Waals surface area contributed by atoms with Crippen molar-refractivity contribution in [3.8, 4) is 0 Å². The Morgan fingerprint density at radius 3 is 2.35 bits per heavy atom. The van der Waals surface area contributed by atoms with Crippen LogP contribution in [0.2, 0.25) is 0 Å². The lowest BCUT2D eigenvalue weighted by Crippen LogP contribution is -2.38. The van der Waals surface area contributed by atoms with Crippen LogP contribution in [0.5, 0.6) is 0 Å². The van der Waals surface area contributed by atoms with Crippen LogP contribution < -0.4 is 10.6 Å². The molecule has 2 rings (SSSR count). The summed E-state index contributed by atoms with van der Waals surface area (Å²) in [5, 5.41) is 6.59. The highest BCUT2D eigenvalue weighted by Gasteiger charge is 2.23. The first-order chi connectivity index (χ1) is 11.8. The van der Waals surface area contributed by atoms with Crippen LogP contribution in [0.25, 0.3) is 0 Å². The summed E-state index contributed by atoms with van der Waals surface area (Å²) in [4.78, 5) is 4.89. The van der Waals surface area contributed by atoms with E-state index in [9.17, 15) is 8.42 Å². The molecule has 1 saturated carbocycles. The van der Waals surface area contributed by atoms with Crippen molar-refractivity contribution in [2.45, 2.75) is 51.1 Å². The number of sulfonamides is 1. The Balaban J connectivity index is 0.00000338. The highest BCUT2D eigenvalue weighted by Crippen LogP contribution is 2.27. The third-order valence-corrected chi connectivity index (χ3v) is 6.39. The highest BCUT2D eigenvalue weighted by molar-refractivity contribution is 14.0. The molecule has 0 spiro atoms. The van der Waals surface area contributed by atoms with Crippen LogP contribution in [0.15, 0.2) is 34.2 Å². The summed E-state index contributed by atoms with van der Waals surface area (Å²) in [7, 11) is -1.83. The molecule has 0 heterocycles. The smallest absolute Gasteiger partial charge is 0.243 e. The summed E-state index contributed by atoms with van der Waals surface area (Å²) in [5.41, 5.74) is 0.981. The summed E-state index contributed by atoms with van der Waals surface area (Å²) >= 11 is 0. The van der Waals surface area contributed by atoms with Crippen molar-refractivity contribution in [1.29, 1.82) is 0 Å². The van der Waals surface area contributed by atoms with Gasteiger partial charge in [0.25, 0.3) is 0 Å². The molecule has 148 valence electrons. The fraction of sp³-hybridized carbons (Fsp3) is 0.611. The van der Waals surface area contributed by atoms with E-state index in [1.165, 1.54) is 17.1 Å². The van der Waals surface area contributed by atoms with Gasteiger partial charge in [-0.2, -0.15) is 4.31 Å². The van der Waals surface area contributed by atoms with Crippen molar-refractivity contribution in [1.82, 2.24) is 14.9 Å². The van der Waals surface area contributed by atoms with E-state index in [0.717, 1.165) is 30.5 Å². The van der Waals surface area contributed by atoms with E-state index in [-0.39, 0.29) is 30.0 Å². The second-order valence-corrected chi connectivity index (χ2v) is 8.78. The molecule has 1 aromatic carbocycles. The number of hydrogen-bond acceptors (Lipinski definition) is 3. The maximum atomic E-state index is 12.5. The van der Waals surface area contributed by atoms with Crippen LogP contribution >= 0.6 is 24.0 Å². The lowest BCUT2D eigenvalue weighted by atomic mass is 10.2. The van der Waals surface area contributed by atoms with Crippen LogP contribution in [0.1, 0.15) is 39.2 Å². The van der Waals surface area contributed by atoms with Gasteiger partial charge in [-0.1, -0.05) is 12.1 Å². The molecule has 0 amide bonds. The average molecular weight is 494 g/mol. The fourth-order valence-electron chi connectivity index (χ4n) is 2.29. The van der Waals surface area contributed by atoms with E-state index in [1.807, 2.05) is 32.9 Å². The number of benzene rings is 1. The van der Waals surface area contributed by atoms with Crippen LogP contribution in [0, 0.1) is 5.92 Å². The van der Waals surface area contributed by atoms with Crippen LogP contribution in [0.4, 0.5) is 0 Å². The first kappa shape index (κ1) is 23.2. The lowest BCUT2D eigenvalue weighted by Gasteiger charge is -2.21. The second kappa shape index (κ2) is 10.5. The molecule has 8 heteroatoms. The molecule has 1 aromatic rings. The Kier molecular flexibility index (Phi) is 9.32. The minimum Gasteiger partial charge on any atom is -0.357 e. The molecule has 1 aliphatic carbocycles. The predicted molar refractivity (Wildman–Crippen MR) is 117 cm³/mol. The standard InChI is InChI=1S/C18H30N4O2S.HI/c1-5-19-18(20-12-15-6-7-15)21-13-16-8-10-17(11-9-16)25(23,24)22(4)14(2)3;/h8-11,14-15H,5-7,12-13H2,1-4H3,(H2,19,20,21);1H. The van der Waals surface area contributed by atoms with Gasteiger partial charge < -0.3 is 10.6 Å². The van der Waals surface area contributed by atoms with E-state index >= 15 is 0 Å². The van der Waals surface area contributed by atoms with Gasteiger partial charge in [-0.3, -0.25) is 0 Å². The third-order valence-electron chi connectivity index (χ3n) is 4.35. The Bertz CT molecular complexity index is 686. The van der Waals surface area contributed by atoms with Crippen LogP contribution in [0.3, 0.4) is 0 Å². The zero-order valence-corrected chi connectivity index (χ0v) is 19.2. The van der Waals surface area contributed by atoms with Gasteiger partial charge in [0.15, 0.2) is 5.96 Å². The molecular weight excluding hydrogens is 463 g/mol. The summed E-state index contributed by atoms with van der Waals surface area (Å²) in [6.45, 7) is 8.05. The Morgan fingerprint density at radius 1 is 1.23 bits per heavy atom. The minimum atomic E-state index is -3.43. The number of nitrogens with zero attached hydrogens (tertiary/aromatic N) is 2. The molecule has 0 aliphatic heterocycles. The van der Waals surface area contributed by atoms with Crippen molar-refractivity contribution < 1.29 is 8.42 Å². The maximum absolute atomic E-state index is 12.5. The lowest BCUT2D eigenvalue weighted by molar-refractivity contribution is 0.410. The number of guanidine groups is 1. The van der Waals surface area contributed by atoms with Gasteiger partial charge in [0, 0.05) is 26.2 Å². The van der Waals surface area contributed by atoms with Crippen molar-refractivity contribution >= 4 is 40.0 Å². The molecule has 26 heavy (non-hydrogen) atoms. The van der Waals surface area contributed by atoms with E-state index < -0.39 is 10.0 Å². The largest absolute Gasteiger partial charge is 0.357 e. The van der Waals surface area contributed by atoms with E-state index in [0.29, 0.717) is 11.4 Å². The normalized spacial score (nSPS) is 15.1. The average Bonchev–Trinajstić information content (AvgIpc) is 3.41. The number of halogens is 1. The number of aliphatic imine (C=N–C) groups is 1. The highest BCUT2D eigenvalue weighted by atomic mass is 127. The van der Waals surface area contributed by atoms with Gasteiger partial charge >= 0.3 is 0 Å². The first-order valence-electron chi connectivity index (χ1n) is 8.93. The third kappa shape index (κ3) is 6.70. The second-order valence-electron chi connectivity index (χ2n) is 6.78. The molecule has 6 nitrogen and oxygen atoms in total. The van der Waals surface area contributed by atoms with Crippen molar-refractivity contribution in [3.05, 3.63) is 29.8 Å². The first-order valence-corrected chi connectivity index (χ1v) is 10.4. The van der Waals surface area contributed by atoms with Crippen LogP contribution in [-0.4, -0.2) is 44.9 Å². The molecule has 0 aromatic heterocycles. The van der Waals surface area contributed by atoms with Crippen molar-refractivity contribution in [3.63, 3.8) is 0 Å². The monoisotopic (exact) mass is 494 g/mol. The Labute approximate surface area is 174 Å². The molecule has 0 saturated heterocycles. The maximum Gasteiger partial charge on any atom is 0.243 e. The Hall–Kier alpha value is -0.870. The topological polar surface area (TPSA) is 73.8 Å². The SMILES string of the molecule is CCNC(=NCc1ccc(S(=O)(=O)N(C)C(C)C)cc1)NCC1CC1.I. The van der Waals surface area contributed by atoms with Gasteiger partial charge in [0.2, 0.25) is 10.0 Å². The quantitative estimate of drug-likeness (QED) is 0.331. The van der Waals surface area contributed by atoms with E-state index in [4.69, 9.17) is 0 Å². The molecule has 1 aliphatic rings. The minimum absolute atomic E-state index is 0. The van der Waals surface area contributed by atoms with Crippen molar-refractivity contribution in [2.24, 2.45) is 10.9 Å². The van der Waals surface area contributed by atoms with Gasteiger partial charge in [-0.25, -0.2) is 13.4 Å². The number of rotatable bonds is 8. The van der Waals surface area contributed by atoms with E-state index in [2.05, 4.69) is 15.6 Å². The summed E-state index contributed by atoms with van der Waals surface area (Å²) in [5.74, 6) is 1.59. The number of nitrogens with one attached hydrogen (secondary N) is 2. The van der Waals surface area contributed by atoms with Gasteiger partial charge in [-0.15, -0.1) is 24.0 Å². The van der Waals surface area contributed by atoms with Crippen LogP contribution in [-0.2, 0) is 16.6 Å². The number of hydrogen-bond donors (Lipinski definition) is 2. The summed E-state index contributed by atoms with van der Waals surface area (Å²) < 4.78 is 26.3. The van der Waals surface area contributed by atoms with Gasteiger partial charge in [-0.05, 0) is 57.2 Å². The molecule has 0 unspecified atom stereocenters. The summed E-state index contributed by atoms with van der Waals surface area (Å²) in [6.07, 6.45) is 2.60. The zero-order valence-electron chi connectivity index (χ0n) is 16.0. The van der Waals surface area contributed by atoms with Gasteiger partial charge in [0.1, 0.15) is 0 Å². The molecule has 0 bridgehead atoms. The molecular formula is C18H31IN4O2S. The molecule has 0 radical (unpaired) electrons.